The van der Waals surface area contributed by atoms with E-state index in [0.717, 1.165) is 17.8 Å². The van der Waals surface area contributed by atoms with Gasteiger partial charge in [0.25, 0.3) is 5.89 Å². The smallest absolute Gasteiger partial charge is 0.264 e. The minimum absolute atomic E-state index is 0.514. The van der Waals surface area contributed by atoms with Gasteiger partial charge in [0, 0.05) is 19.2 Å². The molecular weight excluding hydrogens is 296 g/mol. The third-order valence-corrected chi connectivity index (χ3v) is 3.68. The average Bonchev–Trinajstić information content (AvgIpc) is 3.22. The van der Waals surface area contributed by atoms with Crippen LogP contribution >= 0.6 is 0 Å². The molecule has 3 aromatic rings. The first-order valence-corrected chi connectivity index (χ1v) is 7.51. The second-order valence-electron chi connectivity index (χ2n) is 5.54. The Bertz CT molecular complexity index is 788. The molecule has 0 unspecified atom stereocenters. The molecule has 23 heavy (non-hydrogen) atoms. The molecule has 0 N–H and O–H groups in total. The third kappa shape index (κ3) is 3.31. The van der Waals surface area contributed by atoms with Crippen molar-refractivity contribution in [2.45, 2.75) is 33.4 Å². The molecule has 8 nitrogen and oxygen atoms in total. The minimum Gasteiger partial charge on any atom is -0.424 e. The van der Waals surface area contributed by atoms with Gasteiger partial charge in [-0.25, -0.2) is 0 Å². The van der Waals surface area contributed by atoms with Crippen molar-refractivity contribution in [3.8, 4) is 11.6 Å². The van der Waals surface area contributed by atoms with Crippen LogP contribution in [0, 0.1) is 6.92 Å². The molecule has 0 bridgehead atoms. The molecule has 122 valence electrons. The highest BCUT2D eigenvalue weighted by molar-refractivity contribution is 5.48. The lowest BCUT2D eigenvalue weighted by Gasteiger charge is -2.10. The molecule has 3 rings (SSSR count). The molecule has 0 saturated carbocycles. The van der Waals surface area contributed by atoms with E-state index in [4.69, 9.17) is 8.83 Å². The van der Waals surface area contributed by atoms with Gasteiger partial charge in [0.05, 0.1) is 13.1 Å². The fraction of sp³-hybridized carbons (Fsp3) is 0.467. The summed E-state index contributed by atoms with van der Waals surface area (Å²) in [6.45, 7) is 5.06. The Hall–Kier alpha value is -2.48. The van der Waals surface area contributed by atoms with Crippen LogP contribution in [0.4, 0.5) is 0 Å². The van der Waals surface area contributed by atoms with Crippen LogP contribution in [-0.2, 0) is 26.6 Å². The van der Waals surface area contributed by atoms with Crippen molar-refractivity contribution in [2.75, 3.05) is 7.05 Å². The maximum absolute atomic E-state index is 5.75. The van der Waals surface area contributed by atoms with Gasteiger partial charge in [-0.15, -0.1) is 20.4 Å². The summed E-state index contributed by atoms with van der Waals surface area (Å²) in [6, 6.07) is 3.99. The third-order valence-electron chi connectivity index (χ3n) is 3.68. The van der Waals surface area contributed by atoms with Crippen molar-refractivity contribution < 1.29 is 8.83 Å². The minimum atomic E-state index is 0.514. The first kappa shape index (κ1) is 15.4. The summed E-state index contributed by atoms with van der Waals surface area (Å²) in [7, 11) is 3.91. The van der Waals surface area contributed by atoms with Crippen molar-refractivity contribution in [1.29, 1.82) is 0 Å². The highest BCUT2D eigenvalue weighted by atomic mass is 16.4. The van der Waals surface area contributed by atoms with E-state index >= 15 is 0 Å². The first-order chi connectivity index (χ1) is 11.1. The maximum Gasteiger partial charge on any atom is 0.264 e. The molecule has 0 amide bonds. The Balaban J connectivity index is 1.65. The topological polar surface area (TPSA) is 86.0 Å². The monoisotopic (exact) mass is 316 g/mol. The second kappa shape index (κ2) is 6.33. The van der Waals surface area contributed by atoms with Gasteiger partial charge in [-0.1, -0.05) is 6.92 Å². The lowest BCUT2D eigenvalue weighted by molar-refractivity contribution is 0.253. The van der Waals surface area contributed by atoms with E-state index < -0.39 is 0 Å². The Morgan fingerprint density at radius 1 is 1.00 bits per heavy atom. The van der Waals surface area contributed by atoms with Gasteiger partial charge < -0.3 is 13.4 Å². The molecule has 0 atom stereocenters. The molecule has 0 saturated heterocycles. The molecule has 0 radical (unpaired) electrons. The zero-order chi connectivity index (χ0) is 16.4. The van der Waals surface area contributed by atoms with E-state index in [9.17, 15) is 0 Å². The average molecular weight is 316 g/mol. The Labute approximate surface area is 134 Å². The number of aryl methyl sites for hydroxylation is 2. The second-order valence-corrected chi connectivity index (χ2v) is 5.54. The molecule has 0 aromatic carbocycles. The molecule has 0 aliphatic carbocycles. The molecule has 0 aliphatic rings. The normalized spacial score (nSPS) is 11.5. The summed E-state index contributed by atoms with van der Waals surface area (Å²) in [5.41, 5.74) is 2.05. The summed E-state index contributed by atoms with van der Waals surface area (Å²) >= 11 is 0. The molecule has 3 heterocycles. The maximum atomic E-state index is 5.75. The molecule has 0 spiro atoms. The van der Waals surface area contributed by atoms with Crippen molar-refractivity contribution in [3.63, 3.8) is 0 Å². The Morgan fingerprint density at radius 3 is 2.26 bits per heavy atom. The van der Waals surface area contributed by atoms with Crippen LogP contribution in [0.25, 0.3) is 11.6 Å². The van der Waals surface area contributed by atoms with Gasteiger partial charge in [0.15, 0.2) is 0 Å². The van der Waals surface area contributed by atoms with E-state index in [0.29, 0.717) is 36.7 Å². The largest absolute Gasteiger partial charge is 0.424 e. The number of hydrogen-bond acceptors (Lipinski definition) is 7. The Morgan fingerprint density at radius 2 is 1.65 bits per heavy atom. The molecule has 3 aromatic heterocycles. The van der Waals surface area contributed by atoms with Gasteiger partial charge in [0.1, 0.15) is 5.69 Å². The van der Waals surface area contributed by atoms with Crippen LogP contribution in [0.5, 0.6) is 0 Å². The fourth-order valence-electron chi connectivity index (χ4n) is 2.26. The molecule has 0 fully saturated rings. The van der Waals surface area contributed by atoms with Gasteiger partial charge in [-0.3, -0.25) is 4.90 Å². The fourth-order valence-corrected chi connectivity index (χ4v) is 2.26. The summed E-state index contributed by atoms with van der Waals surface area (Å²) in [4.78, 5) is 1.99. The van der Waals surface area contributed by atoms with Crippen LogP contribution in [-0.4, -0.2) is 36.9 Å². The summed E-state index contributed by atoms with van der Waals surface area (Å²) in [5, 5.41) is 16.2. The number of aromatic nitrogens is 5. The van der Waals surface area contributed by atoms with E-state index in [1.165, 1.54) is 0 Å². The van der Waals surface area contributed by atoms with E-state index in [-0.39, 0.29) is 0 Å². The van der Waals surface area contributed by atoms with Crippen molar-refractivity contribution >= 4 is 0 Å². The van der Waals surface area contributed by atoms with Crippen LogP contribution in [0.15, 0.2) is 21.0 Å². The zero-order valence-electron chi connectivity index (χ0n) is 13.8. The van der Waals surface area contributed by atoms with Gasteiger partial charge in [-0.05, 0) is 26.1 Å². The lowest BCUT2D eigenvalue weighted by atomic mass is 10.4. The summed E-state index contributed by atoms with van der Waals surface area (Å²) in [5.74, 6) is 2.31. The van der Waals surface area contributed by atoms with Crippen LogP contribution in [0.1, 0.15) is 30.3 Å². The van der Waals surface area contributed by atoms with E-state index in [2.05, 4.69) is 20.4 Å². The van der Waals surface area contributed by atoms with Crippen molar-refractivity contribution in [2.24, 2.45) is 7.05 Å². The SMILES string of the molecule is CCc1nnc(CN(C)Cc2nnc(-c3ccc(C)n3C)o2)o1. The number of hydrogen-bond donors (Lipinski definition) is 0. The van der Waals surface area contributed by atoms with E-state index in [1.54, 1.807) is 0 Å². The zero-order valence-corrected chi connectivity index (χ0v) is 13.8. The van der Waals surface area contributed by atoms with Crippen LogP contribution in [0.2, 0.25) is 0 Å². The van der Waals surface area contributed by atoms with Crippen LogP contribution in [0.3, 0.4) is 0 Å². The van der Waals surface area contributed by atoms with E-state index in [1.807, 2.05) is 49.5 Å². The molecule has 8 heteroatoms. The predicted molar refractivity (Wildman–Crippen MR) is 82.3 cm³/mol. The quantitative estimate of drug-likeness (QED) is 0.687. The van der Waals surface area contributed by atoms with Gasteiger partial charge in [-0.2, -0.15) is 0 Å². The van der Waals surface area contributed by atoms with Crippen LogP contribution < -0.4 is 0 Å². The van der Waals surface area contributed by atoms with Crippen molar-refractivity contribution in [1.82, 2.24) is 29.9 Å². The Kier molecular flexibility index (Phi) is 4.24. The number of nitrogens with zero attached hydrogens (tertiary/aromatic N) is 6. The first-order valence-electron chi connectivity index (χ1n) is 7.51. The standard InChI is InChI=1S/C15H20N6O2/c1-5-12-16-17-13(22-12)8-20(3)9-14-18-19-15(23-14)11-7-6-10(2)21(11)4/h6-7H,5,8-9H2,1-4H3. The molecular formula is C15H20N6O2. The predicted octanol–water partition coefficient (Wildman–Crippen LogP) is 1.96. The molecule has 0 aliphatic heterocycles. The lowest BCUT2D eigenvalue weighted by Crippen LogP contribution is -2.17. The van der Waals surface area contributed by atoms with Crippen molar-refractivity contribution in [3.05, 3.63) is 35.5 Å². The highest BCUT2D eigenvalue weighted by Crippen LogP contribution is 2.20. The van der Waals surface area contributed by atoms with Gasteiger partial charge >= 0.3 is 0 Å². The highest BCUT2D eigenvalue weighted by Gasteiger charge is 2.15. The summed E-state index contributed by atoms with van der Waals surface area (Å²) < 4.78 is 13.3. The number of rotatable bonds is 6. The summed E-state index contributed by atoms with van der Waals surface area (Å²) in [6.07, 6.45) is 0.736. The van der Waals surface area contributed by atoms with Gasteiger partial charge in [0.2, 0.25) is 17.7 Å².